The van der Waals surface area contributed by atoms with Crippen LogP contribution in [0.3, 0.4) is 0 Å². The second kappa shape index (κ2) is 4.99. The topological polar surface area (TPSA) is 0 Å². The minimum Gasteiger partial charge on any atom is -0.0864 e. The van der Waals surface area contributed by atoms with Crippen molar-refractivity contribution in [2.24, 2.45) is 0 Å². The highest BCUT2D eigenvalue weighted by molar-refractivity contribution is 14.1. The van der Waals surface area contributed by atoms with Gasteiger partial charge in [0.05, 0.1) is 0 Å². The quantitative estimate of drug-likeness (QED) is 0.585. The van der Waals surface area contributed by atoms with Crippen LogP contribution in [0, 0.1) is 0 Å². The van der Waals surface area contributed by atoms with Gasteiger partial charge < -0.3 is 0 Å². The molecule has 0 unspecified atom stereocenters. The molecule has 0 spiro atoms. The van der Waals surface area contributed by atoms with E-state index in [1.165, 1.54) is 22.8 Å². The lowest BCUT2D eigenvalue weighted by Gasteiger charge is -1.97. The van der Waals surface area contributed by atoms with Gasteiger partial charge in [0, 0.05) is 5.02 Å². The molecule has 0 heterocycles. The number of benzene rings is 1. The maximum atomic E-state index is 5.74. The molecule has 0 nitrogen and oxygen atoms in total. The van der Waals surface area contributed by atoms with E-state index in [4.69, 9.17) is 11.6 Å². The molecular formula is C9H10ClI. The molecule has 0 bridgehead atoms. The van der Waals surface area contributed by atoms with Gasteiger partial charge in [-0.1, -0.05) is 46.3 Å². The zero-order chi connectivity index (χ0) is 8.10. The van der Waals surface area contributed by atoms with Gasteiger partial charge in [0.2, 0.25) is 0 Å². The number of hydrogen-bond donors (Lipinski definition) is 0. The third-order valence-electron chi connectivity index (χ3n) is 1.51. The van der Waals surface area contributed by atoms with Crippen LogP contribution in [0.4, 0.5) is 0 Å². The average Bonchev–Trinajstić information content (AvgIpc) is 2.04. The second-order valence-corrected chi connectivity index (χ2v) is 3.93. The van der Waals surface area contributed by atoms with E-state index in [1.54, 1.807) is 0 Å². The number of alkyl halides is 1. The van der Waals surface area contributed by atoms with Crippen molar-refractivity contribution in [3.63, 3.8) is 0 Å². The molecule has 0 saturated carbocycles. The van der Waals surface area contributed by atoms with Crippen LogP contribution in [0.2, 0.25) is 5.02 Å². The average molecular weight is 281 g/mol. The Morgan fingerprint density at radius 3 is 2.36 bits per heavy atom. The number of halogens is 2. The Hall–Kier alpha value is 0.240. The summed E-state index contributed by atoms with van der Waals surface area (Å²) in [6, 6.07) is 8.08. The number of hydrogen-bond acceptors (Lipinski definition) is 0. The highest BCUT2D eigenvalue weighted by Crippen LogP contribution is 2.11. The van der Waals surface area contributed by atoms with Crippen molar-refractivity contribution in [3.05, 3.63) is 34.9 Å². The lowest BCUT2D eigenvalue weighted by molar-refractivity contribution is 0.946. The predicted octanol–water partition coefficient (Wildman–Crippen LogP) is 3.71. The van der Waals surface area contributed by atoms with Gasteiger partial charge in [-0.05, 0) is 35.0 Å². The molecule has 60 valence electrons. The van der Waals surface area contributed by atoms with Crippen molar-refractivity contribution in [3.8, 4) is 0 Å². The maximum Gasteiger partial charge on any atom is 0.0406 e. The highest BCUT2D eigenvalue weighted by Gasteiger charge is 1.91. The summed E-state index contributed by atoms with van der Waals surface area (Å²) in [5, 5.41) is 0.822. The minimum absolute atomic E-state index is 0.822. The molecule has 0 amide bonds. The molecule has 0 fully saturated rings. The molecule has 0 N–H and O–H groups in total. The molecule has 0 aliphatic heterocycles. The Balaban J connectivity index is 2.52. The third-order valence-corrected chi connectivity index (χ3v) is 2.53. The summed E-state index contributed by atoms with van der Waals surface area (Å²) in [7, 11) is 0. The monoisotopic (exact) mass is 280 g/mol. The first-order valence-corrected chi connectivity index (χ1v) is 5.53. The highest BCUT2D eigenvalue weighted by atomic mass is 127. The first-order valence-electron chi connectivity index (χ1n) is 3.63. The van der Waals surface area contributed by atoms with Crippen LogP contribution in [-0.2, 0) is 6.42 Å². The van der Waals surface area contributed by atoms with Gasteiger partial charge in [-0.25, -0.2) is 0 Å². The zero-order valence-electron chi connectivity index (χ0n) is 6.19. The first kappa shape index (κ1) is 9.33. The Morgan fingerprint density at radius 2 is 1.82 bits per heavy atom. The molecule has 0 aliphatic rings. The van der Waals surface area contributed by atoms with Crippen molar-refractivity contribution in [2.75, 3.05) is 4.43 Å². The molecule has 0 aromatic heterocycles. The van der Waals surface area contributed by atoms with E-state index in [-0.39, 0.29) is 0 Å². The van der Waals surface area contributed by atoms with E-state index >= 15 is 0 Å². The molecule has 1 rings (SSSR count). The minimum atomic E-state index is 0.822. The SMILES string of the molecule is Clc1ccc(CCCI)cc1. The van der Waals surface area contributed by atoms with Gasteiger partial charge in [-0.15, -0.1) is 0 Å². The van der Waals surface area contributed by atoms with Gasteiger partial charge >= 0.3 is 0 Å². The summed E-state index contributed by atoms with van der Waals surface area (Å²) in [4.78, 5) is 0. The fraction of sp³-hybridized carbons (Fsp3) is 0.333. The van der Waals surface area contributed by atoms with Crippen molar-refractivity contribution in [2.45, 2.75) is 12.8 Å². The fourth-order valence-corrected chi connectivity index (χ4v) is 1.43. The van der Waals surface area contributed by atoms with E-state index < -0.39 is 0 Å². The van der Waals surface area contributed by atoms with E-state index in [2.05, 4.69) is 34.7 Å². The molecule has 0 aliphatic carbocycles. The Morgan fingerprint density at radius 1 is 1.18 bits per heavy atom. The van der Waals surface area contributed by atoms with E-state index in [9.17, 15) is 0 Å². The van der Waals surface area contributed by atoms with E-state index in [0.29, 0.717) is 0 Å². The van der Waals surface area contributed by atoms with Crippen molar-refractivity contribution in [1.29, 1.82) is 0 Å². The zero-order valence-corrected chi connectivity index (χ0v) is 9.10. The van der Waals surface area contributed by atoms with Crippen molar-refractivity contribution in [1.82, 2.24) is 0 Å². The van der Waals surface area contributed by atoms with Gasteiger partial charge in [-0.3, -0.25) is 0 Å². The standard InChI is InChI=1S/C9H10ClI/c10-9-5-3-8(4-6-9)2-1-7-11/h3-6H,1-2,7H2. The molecule has 0 radical (unpaired) electrons. The Bertz CT molecular complexity index is 205. The third kappa shape index (κ3) is 3.43. The molecule has 11 heavy (non-hydrogen) atoms. The summed E-state index contributed by atoms with van der Waals surface area (Å²) >= 11 is 8.14. The van der Waals surface area contributed by atoms with Crippen LogP contribution < -0.4 is 0 Å². The van der Waals surface area contributed by atoms with E-state index in [0.717, 1.165) is 5.02 Å². The Labute approximate surface area is 86.1 Å². The summed E-state index contributed by atoms with van der Waals surface area (Å²) in [6.45, 7) is 0. The normalized spacial score (nSPS) is 10.0. The van der Waals surface area contributed by atoms with E-state index in [1.807, 2.05) is 12.1 Å². The second-order valence-electron chi connectivity index (χ2n) is 2.42. The maximum absolute atomic E-state index is 5.74. The molecular weight excluding hydrogens is 270 g/mol. The van der Waals surface area contributed by atoms with Gasteiger partial charge in [0.25, 0.3) is 0 Å². The smallest absolute Gasteiger partial charge is 0.0406 e. The molecule has 1 aromatic carbocycles. The molecule has 0 atom stereocenters. The Kier molecular flexibility index (Phi) is 4.23. The predicted molar refractivity (Wildman–Crippen MR) is 58.7 cm³/mol. The van der Waals surface area contributed by atoms with Crippen molar-refractivity contribution < 1.29 is 0 Å². The van der Waals surface area contributed by atoms with Crippen molar-refractivity contribution >= 4 is 34.2 Å². The molecule has 1 aromatic rings. The summed E-state index contributed by atoms with van der Waals surface area (Å²) < 4.78 is 1.22. The van der Waals surface area contributed by atoms with Crippen LogP contribution in [0.5, 0.6) is 0 Å². The summed E-state index contributed by atoms with van der Waals surface area (Å²) in [6.07, 6.45) is 2.42. The number of rotatable bonds is 3. The largest absolute Gasteiger partial charge is 0.0864 e. The fourth-order valence-electron chi connectivity index (χ4n) is 0.922. The number of aryl methyl sites for hydroxylation is 1. The van der Waals surface area contributed by atoms with Gasteiger partial charge in [0.15, 0.2) is 0 Å². The van der Waals surface area contributed by atoms with Crippen LogP contribution >= 0.6 is 34.2 Å². The molecule has 0 saturated heterocycles. The molecule has 2 heteroatoms. The van der Waals surface area contributed by atoms with Gasteiger partial charge in [-0.2, -0.15) is 0 Å². The van der Waals surface area contributed by atoms with Crippen LogP contribution in [0.25, 0.3) is 0 Å². The van der Waals surface area contributed by atoms with Crippen LogP contribution in [-0.4, -0.2) is 4.43 Å². The van der Waals surface area contributed by atoms with Gasteiger partial charge in [0.1, 0.15) is 0 Å². The lowest BCUT2D eigenvalue weighted by atomic mass is 10.1. The van der Waals surface area contributed by atoms with Crippen LogP contribution in [0.1, 0.15) is 12.0 Å². The lowest BCUT2D eigenvalue weighted by Crippen LogP contribution is -1.84. The van der Waals surface area contributed by atoms with Crippen LogP contribution in [0.15, 0.2) is 24.3 Å². The summed E-state index contributed by atoms with van der Waals surface area (Å²) in [5.74, 6) is 0. The summed E-state index contributed by atoms with van der Waals surface area (Å²) in [5.41, 5.74) is 1.38. The first-order chi connectivity index (χ1) is 5.33.